The molecule has 4 rings (SSSR count). The first-order valence-electron chi connectivity index (χ1n) is 11.1. The predicted molar refractivity (Wildman–Crippen MR) is 129 cm³/mol. The van der Waals surface area contributed by atoms with Crippen LogP contribution in [0.5, 0.6) is 0 Å². The van der Waals surface area contributed by atoms with E-state index in [2.05, 4.69) is 70.7 Å². The fourth-order valence-corrected chi connectivity index (χ4v) is 4.81. The quantitative estimate of drug-likeness (QED) is 0.540. The Balaban J connectivity index is 1.61. The van der Waals surface area contributed by atoms with Gasteiger partial charge in [-0.15, -0.1) is 0 Å². The van der Waals surface area contributed by atoms with Gasteiger partial charge in [0.1, 0.15) is 5.82 Å². The lowest BCUT2D eigenvalue weighted by molar-refractivity contribution is -0.00778. The van der Waals surface area contributed by atoms with Crippen LogP contribution in [0.25, 0.3) is 5.69 Å². The number of nitrogens with zero attached hydrogens (tertiary/aromatic N) is 7. The molecule has 1 fully saturated rings. The van der Waals surface area contributed by atoms with Crippen molar-refractivity contribution in [1.29, 1.82) is 0 Å². The SMILES string of the molecule is CN1C(C)(C)CC(Nc2nc(Nc3cc(-n4nnn(C)c4=O)c(Cl)cc3F)ncc2F)CC1(C)C. The number of hydrogen-bond donors (Lipinski definition) is 2. The third-order valence-corrected chi connectivity index (χ3v) is 6.93. The maximum absolute atomic E-state index is 14.7. The van der Waals surface area contributed by atoms with Crippen LogP contribution in [0.3, 0.4) is 0 Å². The Bertz CT molecular complexity index is 1300. The molecule has 1 saturated heterocycles. The Hall–Kier alpha value is -3.12. The molecule has 0 unspecified atom stereocenters. The minimum absolute atomic E-state index is 0.0170. The van der Waals surface area contributed by atoms with Gasteiger partial charge >= 0.3 is 5.69 Å². The molecular formula is C22H28ClF2N9O. The molecule has 0 bridgehead atoms. The maximum Gasteiger partial charge on any atom is 0.368 e. The summed E-state index contributed by atoms with van der Waals surface area (Å²) in [4.78, 5) is 22.7. The van der Waals surface area contributed by atoms with Crippen molar-refractivity contribution in [2.24, 2.45) is 7.05 Å². The topological polar surface area (TPSA) is 106 Å². The van der Waals surface area contributed by atoms with E-state index in [4.69, 9.17) is 11.6 Å². The fourth-order valence-electron chi connectivity index (χ4n) is 4.58. The Morgan fingerprint density at radius 3 is 2.31 bits per heavy atom. The van der Waals surface area contributed by atoms with Gasteiger partial charge in [-0.25, -0.2) is 18.6 Å². The molecule has 0 atom stereocenters. The van der Waals surface area contributed by atoms with Crippen LogP contribution < -0.4 is 16.3 Å². The van der Waals surface area contributed by atoms with Crippen molar-refractivity contribution < 1.29 is 8.78 Å². The third-order valence-electron chi connectivity index (χ3n) is 6.63. The molecule has 0 aliphatic carbocycles. The number of benzene rings is 1. The summed E-state index contributed by atoms with van der Waals surface area (Å²) in [5.74, 6) is -1.34. The Kier molecular flexibility index (Phi) is 6.30. The first-order valence-corrected chi connectivity index (χ1v) is 11.4. The molecule has 10 nitrogen and oxygen atoms in total. The van der Waals surface area contributed by atoms with E-state index in [0.29, 0.717) is 0 Å². The molecule has 0 radical (unpaired) electrons. The van der Waals surface area contributed by atoms with Gasteiger partial charge in [-0.05, 0) is 70.1 Å². The molecule has 1 aromatic carbocycles. The summed E-state index contributed by atoms with van der Waals surface area (Å²) in [7, 11) is 3.52. The van der Waals surface area contributed by atoms with E-state index in [-0.39, 0.29) is 45.3 Å². The summed E-state index contributed by atoms with van der Waals surface area (Å²) in [5, 5.41) is 13.3. The molecule has 2 N–H and O–H groups in total. The zero-order chi connectivity index (χ0) is 25.7. The van der Waals surface area contributed by atoms with Gasteiger partial charge in [0.05, 0.1) is 22.6 Å². The molecule has 3 heterocycles. The van der Waals surface area contributed by atoms with E-state index >= 15 is 0 Å². The lowest BCUT2D eigenvalue weighted by atomic mass is 9.77. The van der Waals surface area contributed by atoms with E-state index in [0.717, 1.165) is 34.5 Å². The van der Waals surface area contributed by atoms with Crippen LogP contribution in [-0.4, -0.2) is 58.8 Å². The number of nitrogens with one attached hydrogen (secondary N) is 2. The lowest BCUT2D eigenvalue weighted by Gasteiger charge is -2.53. The van der Waals surface area contributed by atoms with E-state index in [1.165, 1.54) is 13.1 Å². The second-order valence-electron chi connectivity index (χ2n) is 10.0. The van der Waals surface area contributed by atoms with Crippen molar-refractivity contribution in [3.63, 3.8) is 0 Å². The molecule has 1 aliphatic heterocycles. The highest BCUT2D eigenvalue weighted by Crippen LogP contribution is 2.38. The molecule has 188 valence electrons. The van der Waals surface area contributed by atoms with E-state index in [1.54, 1.807) is 0 Å². The Morgan fingerprint density at radius 2 is 1.71 bits per heavy atom. The highest BCUT2D eigenvalue weighted by atomic mass is 35.5. The summed E-state index contributed by atoms with van der Waals surface area (Å²) in [6, 6.07) is 2.29. The monoisotopic (exact) mass is 507 g/mol. The number of aromatic nitrogens is 6. The molecule has 0 amide bonds. The van der Waals surface area contributed by atoms with E-state index in [9.17, 15) is 13.6 Å². The summed E-state index contributed by atoms with van der Waals surface area (Å²) in [5.41, 5.74) is -0.722. The van der Waals surface area contributed by atoms with Gasteiger partial charge in [0, 0.05) is 24.2 Å². The summed E-state index contributed by atoms with van der Waals surface area (Å²) < 4.78 is 31.2. The number of rotatable bonds is 5. The highest BCUT2D eigenvalue weighted by molar-refractivity contribution is 6.32. The molecule has 1 aliphatic rings. The molecule has 3 aromatic rings. The summed E-state index contributed by atoms with van der Waals surface area (Å²) in [6.07, 6.45) is 2.58. The van der Waals surface area contributed by atoms with Crippen molar-refractivity contribution >= 4 is 29.1 Å². The van der Waals surface area contributed by atoms with Crippen LogP contribution in [0.15, 0.2) is 23.1 Å². The zero-order valence-corrected chi connectivity index (χ0v) is 21.2. The van der Waals surface area contributed by atoms with Crippen molar-refractivity contribution in [2.45, 2.75) is 57.7 Å². The Labute approximate surface area is 206 Å². The minimum Gasteiger partial charge on any atom is -0.365 e. The van der Waals surface area contributed by atoms with Crippen LogP contribution in [0.1, 0.15) is 40.5 Å². The largest absolute Gasteiger partial charge is 0.368 e. The normalized spacial score (nSPS) is 18.0. The van der Waals surface area contributed by atoms with Crippen molar-refractivity contribution in [1.82, 2.24) is 34.7 Å². The number of tetrazole rings is 1. The van der Waals surface area contributed by atoms with Gasteiger partial charge in [-0.2, -0.15) is 14.3 Å². The highest BCUT2D eigenvalue weighted by Gasteiger charge is 2.43. The van der Waals surface area contributed by atoms with Crippen LogP contribution in [0.2, 0.25) is 5.02 Å². The Morgan fingerprint density at radius 1 is 1.06 bits per heavy atom. The molecular weight excluding hydrogens is 480 g/mol. The molecule has 2 aromatic heterocycles. The van der Waals surface area contributed by atoms with Gasteiger partial charge < -0.3 is 10.6 Å². The van der Waals surface area contributed by atoms with Gasteiger partial charge in [0.15, 0.2) is 11.6 Å². The van der Waals surface area contributed by atoms with Crippen LogP contribution in [0, 0.1) is 11.6 Å². The smallest absolute Gasteiger partial charge is 0.365 e. The standard InChI is InChI=1S/C22H28ClF2N9O/c1-21(2)9-12(10-22(3,4)33(21)6)27-18-15(25)11-26-19(29-18)28-16-8-17(13(23)7-14(16)24)34-20(35)32(5)30-31-34/h7-8,11-12H,9-10H2,1-6H3,(H2,26,27,28,29). The number of halogens is 3. The van der Waals surface area contributed by atoms with Crippen molar-refractivity contribution in [2.75, 3.05) is 17.7 Å². The van der Waals surface area contributed by atoms with Crippen LogP contribution in [0.4, 0.5) is 26.2 Å². The van der Waals surface area contributed by atoms with Crippen LogP contribution >= 0.6 is 11.6 Å². The zero-order valence-electron chi connectivity index (χ0n) is 20.4. The predicted octanol–water partition coefficient (Wildman–Crippen LogP) is 3.49. The second-order valence-corrected chi connectivity index (χ2v) is 10.4. The number of piperidine rings is 1. The second kappa shape index (κ2) is 8.83. The molecule has 0 spiro atoms. The van der Waals surface area contributed by atoms with Crippen molar-refractivity contribution in [3.05, 3.63) is 45.5 Å². The van der Waals surface area contributed by atoms with Gasteiger partial charge in [-0.3, -0.25) is 4.90 Å². The average molecular weight is 508 g/mol. The van der Waals surface area contributed by atoms with Gasteiger partial charge in [0.2, 0.25) is 5.95 Å². The summed E-state index contributed by atoms with van der Waals surface area (Å²) in [6.45, 7) is 8.59. The first kappa shape index (κ1) is 25.0. The number of likely N-dealkylation sites (tertiary alicyclic amines) is 1. The first-order chi connectivity index (χ1) is 16.3. The van der Waals surface area contributed by atoms with Gasteiger partial charge in [0.25, 0.3) is 0 Å². The number of hydrogen-bond acceptors (Lipinski definition) is 8. The number of anilines is 3. The molecule has 0 saturated carbocycles. The molecule has 13 heteroatoms. The number of aryl methyl sites for hydroxylation is 1. The summed E-state index contributed by atoms with van der Waals surface area (Å²) >= 11 is 6.13. The fraction of sp³-hybridized carbons (Fsp3) is 0.500. The van der Waals surface area contributed by atoms with Crippen molar-refractivity contribution in [3.8, 4) is 5.69 Å². The van der Waals surface area contributed by atoms with E-state index in [1.807, 2.05) is 0 Å². The third kappa shape index (κ3) is 4.85. The lowest BCUT2D eigenvalue weighted by Crippen LogP contribution is -2.61. The average Bonchev–Trinajstić information content (AvgIpc) is 3.08. The van der Waals surface area contributed by atoms with Gasteiger partial charge in [-0.1, -0.05) is 11.6 Å². The minimum atomic E-state index is -0.711. The van der Waals surface area contributed by atoms with E-state index < -0.39 is 17.3 Å². The van der Waals surface area contributed by atoms with Crippen LogP contribution in [-0.2, 0) is 7.05 Å². The molecule has 35 heavy (non-hydrogen) atoms. The maximum atomic E-state index is 14.7.